The molecule has 3 aliphatic carbocycles. The van der Waals surface area contributed by atoms with Crippen LogP contribution in [-0.2, 0) is 13.3 Å². The van der Waals surface area contributed by atoms with Crippen molar-refractivity contribution >= 4 is 21.4 Å². The molecule has 0 aromatic heterocycles. The summed E-state index contributed by atoms with van der Waals surface area (Å²) in [7, 11) is -2.63. The highest BCUT2D eigenvalue weighted by atomic mass is 32.1. The summed E-state index contributed by atoms with van der Waals surface area (Å²) in [4.78, 5) is 0. The standard InChI is InChI=1S/C21H40O3SSi/c25-17-10-18-26(22-19-11-4-1-5-12-19,23-20-13-6-2-7-14-20)24-21-15-8-3-9-16-21/h19-21,25H,1-18H2. The number of hydrogen-bond donors (Lipinski definition) is 1. The molecule has 0 unspecified atom stereocenters. The van der Waals surface area contributed by atoms with Gasteiger partial charge in [0.2, 0.25) is 0 Å². The molecule has 0 bridgehead atoms. The zero-order valence-electron chi connectivity index (χ0n) is 16.6. The van der Waals surface area contributed by atoms with Crippen LogP contribution in [0, 0.1) is 0 Å². The molecule has 0 N–H and O–H groups in total. The average Bonchev–Trinajstić information content (AvgIpc) is 2.69. The maximum atomic E-state index is 6.85. The molecule has 5 heteroatoms. The van der Waals surface area contributed by atoms with Crippen molar-refractivity contribution in [3.63, 3.8) is 0 Å². The molecule has 0 amide bonds. The molecule has 0 aromatic rings. The summed E-state index contributed by atoms with van der Waals surface area (Å²) in [5.74, 6) is 0.894. The Balaban J connectivity index is 1.71. The van der Waals surface area contributed by atoms with Crippen LogP contribution in [0.3, 0.4) is 0 Å². The van der Waals surface area contributed by atoms with E-state index in [1.54, 1.807) is 0 Å². The minimum Gasteiger partial charge on any atom is -0.370 e. The minimum absolute atomic E-state index is 0.363. The van der Waals surface area contributed by atoms with Gasteiger partial charge in [-0.25, -0.2) is 0 Å². The number of thiol groups is 1. The van der Waals surface area contributed by atoms with Gasteiger partial charge in [0.05, 0.1) is 0 Å². The molecule has 152 valence electrons. The monoisotopic (exact) mass is 400 g/mol. The Morgan fingerprint density at radius 2 is 0.923 bits per heavy atom. The first kappa shape index (κ1) is 21.2. The van der Waals surface area contributed by atoms with Crippen molar-refractivity contribution in [1.82, 2.24) is 0 Å². The molecule has 3 saturated carbocycles. The van der Waals surface area contributed by atoms with Gasteiger partial charge in [0, 0.05) is 24.4 Å². The Hall–Kier alpha value is 0.447. The van der Waals surface area contributed by atoms with Crippen molar-refractivity contribution in [3.05, 3.63) is 0 Å². The lowest BCUT2D eigenvalue weighted by atomic mass is 9.98. The third kappa shape index (κ3) is 6.80. The first-order valence-electron chi connectivity index (χ1n) is 11.4. The molecule has 26 heavy (non-hydrogen) atoms. The SMILES string of the molecule is SCCC[Si](OC1CCCCC1)(OC1CCCCC1)OC1CCCCC1. The summed E-state index contributed by atoms with van der Waals surface area (Å²) in [6.07, 6.45) is 21.2. The van der Waals surface area contributed by atoms with Gasteiger partial charge < -0.3 is 13.3 Å². The highest BCUT2D eigenvalue weighted by Crippen LogP contribution is 2.34. The van der Waals surface area contributed by atoms with E-state index >= 15 is 0 Å². The Bertz CT molecular complexity index is 327. The van der Waals surface area contributed by atoms with Crippen LogP contribution >= 0.6 is 12.6 Å². The van der Waals surface area contributed by atoms with E-state index in [1.165, 1.54) is 96.3 Å². The molecular formula is C21H40O3SSi. The average molecular weight is 401 g/mol. The molecule has 3 aliphatic rings. The Kier molecular flexibility index (Phi) is 9.32. The highest BCUT2D eigenvalue weighted by Gasteiger charge is 2.47. The summed E-state index contributed by atoms with van der Waals surface area (Å²) < 4.78 is 20.5. The minimum atomic E-state index is -2.63. The highest BCUT2D eigenvalue weighted by molar-refractivity contribution is 7.80. The van der Waals surface area contributed by atoms with Crippen molar-refractivity contribution in [3.8, 4) is 0 Å². The van der Waals surface area contributed by atoms with Crippen molar-refractivity contribution in [2.75, 3.05) is 5.75 Å². The largest absolute Gasteiger partial charge is 0.501 e. The topological polar surface area (TPSA) is 27.7 Å². The van der Waals surface area contributed by atoms with Crippen molar-refractivity contribution in [2.45, 2.75) is 127 Å². The van der Waals surface area contributed by atoms with Gasteiger partial charge in [-0.2, -0.15) is 12.6 Å². The Morgan fingerprint density at radius 3 is 1.23 bits per heavy atom. The summed E-state index contributed by atoms with van der Waals surface area (Å²) in [5, 5.41) is 0. The van der Waals surface area contributed by atoms with E-state index in [-0.39, 0.29) is 0 Å². The van der Waals surface area contributed by atoms with Crippen molar-refractivity contribution < 1.29 is 13.3 Å². The smallest absolute Gasteiger partial charge is 0.370 e. The van der Waals surface area contributed by atoms with Gasteiger partial charge in [0.1, 0.15) is 0 Å². The molecule has 3 nitrogen and oxygen atoms in total. The maximum Gasteiger partial charge on any atom is 0.501 e. The summed E-state index contributed by atoms with van der Waals surface area (Å²) >= 11 is 4.49. The second kappa shape index (κ2) is 11.4. The Labute approximate surface area is 167 Å². The van der Waals surface area contributed by atoms with Crippen molar-refractivity contribution in [2.24, 2.45) is 0 Å². The normalized spacial score (nSPS) is 24.8. The van der Waals surface area contributed by atoms with Crippen LogP contribution in [0.4, 0.5) is 0 Å². The molecule has 3 fully saturated rings. The van der Waals surface area contributed by atoms with Crippen LogP contribution in [0.5, 0.6) is 0 Å². The van der Waals surface area contributed by atoms with Gasteiger partial charge >= 0.3 is 8.80 Å². The third-order valence-electron chi connectivity index (χ3n) is 6.34. The lowest BCUT2D eigenvalue weighted by Gasteiger charge is -2.41. The molecule has 0 saturated heterocycles. The maximum absolute atomic E-state index is 6.85. The molecule has 0 heterocycles. The predicted octanol–water partition coefficient (Wildman–Crippen LogP) is 6.29. The molecule has 0 atom stereocenters. The summed E-state index contributed by atoms with van der Waals surface area (Å²) in [6.45, 7) is 0. The van der Waals surface area contributed by atoms with Gasteiger partial charge in [-0.1, -0.05) is 57.8 Å². The van der Waals surface area contributed by atoms with Crippen LogP contribution in [-0.4, -0.2) is 32.9 Å². The van der Waals surface area contributed by atoms with Gasteiger partial charge in [-0.05, 0) is 50.7 Å². The predicted molar refractivity (Wildman–Crippen MR) is 113 cm³/mol. The summed E-state index contributed by atoms with van der Waals surface area (Å²) in [5.41, 5.74) is 0. The van der Waals surface area contributed by atoms with Gasteiger partial charge in [-0.15, -0.1) is 0 Å². The molecule has 0 radical (unpaired) electrons. The van der Waals surface area contributed by atoms with E-state index in [1.807, 2.05) is 0 Å². The molecule has 0 aromatic carbocycles. The van der Waals surface area contributed by atoms with E-state index < -0.39 is 8.80 Å². The van der Waals surface area contributed by atoms with Crippen LogP contribution in [0.2, 0.25) is 6.04 Å². The van der Waals surface area contributed by atoms with Gasteiger partial charge in [0.15, 0.2) is 0 Å². The van der Waals surface area contributed by atoms with Crippen LogP contribution in [0.15, 0.2) is 0 Å². The number of hydrogen-bond acceptors (Lipinski definition) is 4. The van der Waals surface area contributed by atoms with E-state index in [0.717, 1.165) is 18.2 Å². The third-order valence-corrected chi connectivity index (χ3v) is 9.70. The van der Waals surface area contributed by atoms with E-state index in [2.05, 4.69) is 12.6 Å². The lowest BCUT2D eigenvalue weighted by Crippen LogP contribution is -2.53. The van der Waals surface area contributed by atoms with E-state index in [4.69, 9.17) is 13.3 Å². The number of rotatable bonds is 9. The molecular weight excluding hydrogens is 360 g/mol. The lowest BCUT2D eigenvalue weighted by molar-refractivity contribution is -0.0408. The fourth-order valence-electron chi connectivity index (χ4n) is 4.87. The quantitative estimate of drug-likeness (QED) is 0.364. The van der Waals surface area contributed by atoms with E-state index in [0.29, 0.717) is 18.3 Å². The van der Waals surface area contributed by atoms with Crippen molar-refractivity contribution in [1.29, 1.82) is 0 Å². The van der Waals surface area contributed by atoms with Crippen LogP contribution < -0.4 is 0 Å². The zero-order valence-corrected chi connectivity index (χ0v) is 18.5. The molecule has 3 rings (SSSR count). The van der Waals surface area contributed by atoms with Crippen LogP contribution in [0.1, 0.15) is 103 Å². The molecule has 0 aliphatic heterocycles. The van der Waals surface area contributed by atoms with Gasteiger partial charge in [-0.3, -0.25) is 0 Å². The fraction of sp³-hybridized carbons (Fsp3) is 1.00. The van der Waals surface area contributed by atoms with Gasteiger partial charge in [0.25, 0.3) is 0 Å². The second-order valence-electron chi connectivity index (χ2n) is 8.64. The first-order valence-corrected chi connectivity index (χ1v) is 14.0. The van der Waals surface area contributed by atoms with Crippen LogP contribution in [0.25, 0.3) is 0 Å². The fourth-order valence-corrected chi connectivity index (χ4v) is 8.68. The second-order valence-corrected chi connectivity index (χ2v) is 11.7. The summed E-state index contributed by atoms with van der Waals surface area (Å²) in [6, 6.07) is 0.958. The first-order chi connectivity index (χ1) is 12.8. The Morgan fingerprint density at radius 1 is 0.577 bits per heavy atom. The van der Waals surface area contributed by atoms with E-state index in [9.17, 15) is 0 Å². The molecule has 0 spiro atoms. The zero-order chi connectivity index (χ0) is 18.1.